The van der Waals surface area contributed by atoms with Gasteiger partial charge in [0.1, 0.15) is 0 Å². The molecule has 17 heavy (non-hydrogen) atoms. The van der Waals surface area contributed by atoms with Crippen LogP contribution in [0, 0.1) is 5.41 Å². The zero-order valence-electron chi connectivity index (χ0n) is 11.7. The first kappa shape index (κ1) is 13.8. The van der Waals surface area contributed by atoms with Gasteiger partial charge in [-0.3, -0.25) is 0 Å². The van der Waals surface area contributed by atoms with E-state index in [1.54, 1.807) is 0 Å². The molecular weight excluding hydrogens is 204 g/mol. The van der Waals surface area contributed by atoms with Gasteiger partial charge in [-0.25, -0.2) is 0 Å². The van der Waals surface area contributed by atoms with Crippen molar-refractivity contribution in [2.45, 2.75) is 41.0 Å². The third-order valence-electron chi connectivity index (χ3n) is 3.14. The molecule has 0 nitrogen and oxygen atoms in total. The van der Waals surface area contributed by atoms with E-state index in [-0.39, 0.29) is 5.41 Å². The molecule has 0 N–H and O–H groups in total. The van der Waals surface area contributed by atoms with Gasteiger partial charge in [0.25, 0.3) is 0 Å². The summed E-state index contributed by atoms with van der Waals surface area (Å²) in [6, 6.07) is 0. The second-order valence-electron chi connectivity index (χ2n) is 5.18. The van der Waals surface area contributed by atoms with Gasteiger partial charge in [0.15, 0.2) is 0 Å². The Morgan fingerprint density at radius 2 is 1.88 bits per heavy atom. The van der Waals surface area contributed by atoms with Gasteiger partial charge in [-0.2, -0.15) is 0 Å². The van der Waals surface area contributed by atoms with E-state index in [2.05, 4.69) is 70.2 Å². The second kappa shape index (κ2) is 5.86. The van der Waals surface area contributed by atoms with Crippen LogP contribution in [0.1, 0.15) is 41.0 Å². The number of rotatable bonds is 2. The van der Waals surface area contributed by atoms with Crippen LogP contribution in [0.3, 0.4) is 0 Å². The molecule has 0 aliphatic heterocycles. The molecular formula is C17H24. The largest absolute Gasteiger partial charge is 0.0876 e. The number of allylic oxidation sites excluding steroid dienone is 10. The average molecular weight is 228 g/mol. The predicted octanol–water partition coefficient (Wildman–Crippen LogP) is 5.37. The maximum absolute atomic E-state index is 2.29. The first-order valence-electron chi connectivity index (χ1n) is 6.41. The summed E-state index contributed by atoms with van der Waals surface area (Å²) < 4.78 is 0. The highest BCUT2D eigenvalue weighted by Crippen LogP contribution is 2.29. The highest BCUT2D eigenvalue weighted by molar-refractivity contribution is 5.52. The Hall–Kier alpha value is -1.30. The van der Waals surface area contributed by atoms with Crippen molar-refractivity contribution in [2.75, 3.05) is 0 Å². The molecule has 0 amide bonds. The van der Waals surface area contributed by atoms with E-state index in [1.807, 2.05) is 6.92 Å². The number of hydrogen-bond acceptors (Lipinski definition) is 0. The summed E-state index contributed by atoms with van der Waals surface area (Å²) in [5, 5.41) is 0. The smallest absolute Gasteiger partial charge is 0.00111 e. The zero-order chi connectivity index (χ0) is 12.9. The van der Waals surface area contributed by atoms with Crippen molar-refractivity contribution < 1.29 is 0 Å². The van der Waals surface area contributed by atoms with Crippen LogP contribution in [-0.4, -0.2) is 0 Å². The molecule has 0 radical (unpaired) electrons. The van der Waals surface area contributed by atoms with Crippen LogP contribution in [0.2, 0.25) is 0 Å². The van der Waals surface area contributed by atoms with E-state index in [1.165, 1.54) is 16.7 Å². The van der Waals surface area contributed by atoms with E-state index < -0.39 is 0 Å². The van der Waals surface area contributed by atoms with Crippen molar-refractivity contribution in [1.82, 2.24) is 0 Å². The molecule has 92 valence electrons. The molecule has 0 saturated heterocycles. The Morgan fingerprint density at radius 1 is 1.24 bits per heavy atom. The minimum Gasteiger partial charge on any atom is -0.0876 e. The highest BCUT2D eigenvalue weighted by atomic mass is 14.2. The second-order valence-corrected chi connectivity index (χ2v) is 5.18. The molecule has 1 rings (SSSR count). The Balaban J connectivity index is 3.29. The molecule has 0 aromatic carbocycles. The Labute approximate surface area is 106 Å². The third-order valence-corrected chi connectivity index (χ3v) is 3.14. The van der Waals surface area contributed by atoms with Crippen molar-refractivity contribution in [3.05, 3.63) is 59.3 Å². The van der Waals surface area contributed by atoms with E-state index in [0.717, 1.165) is 6.42 Å². The fraction of sp³-hybridized carbons (Fsp3) is 0.412. The lowest BCUT2D eigenvalue weighted by molar-refractivity contribution is 0.627. The molecule has 0 unspecified atom stereocenters. The molecule has 0 fully saturated rings. The van der Waals surface area contributed by atoms with Crippen molar-refractivity contribution in [2.24, 2.45) is 5.41 Å². The van der Waals surface area contributed by atoms with E-state index >= 15 is 0 Å². The maximum atomic E-state index is 2.29. The summed E-state index contributed by atoms with van der Waals surface area (Å²) in [4.78, 5) is 0. The first-order valence-corrected chi connectivity index (χ1v) is 6.41. The Morgan fingerprint density at radius 3 is 2.47 bits per heavy atom. The molecule has 0 aromatic rings. The minimum atomic E-state index is 0.144. The van der Waals surface area contributed by atoms with Gasteiger partial charge in [0, 0.05) is 5.41 Å². The minimum absolute atomic E-state index is 0.144. The fourth-order valence-corrected chi connectivity index (χ4v) is 1.77. The van der Waals surface area contributed by atoms with Crippen LogP contribution >= 0.6 is 0 Å². The normalized spacial score (nSPS) is 24.4. The van der Waals surface area contributed by atoms with Crippen LogP contribution in [0.5, 0.6) is 0 Å². The zero-order valence-corrected chi connectivity index (χ0v) is 11.7. The van der Waals surface area contributed by atoms with Gasteiger partial charge >= 0.3 is 0 Å². The monoisotopic (exact) mass is 228 g/mol. The first-order chi connectivity index (χ1) is 8.00. The van der Waals surface area contributed by atoms with Crippen LogP contribution < -0.4 is 0 Å². The predicted molar refractivity (Wildman–Crippen MR) is 77.9 cm³/mol. The lowest BCUT2D eigenvalue weighted by Crippen LogP contribution is -2.00. The van der Waals surface area contributed by atoms with Crippen molar-refractivity contribution in [3.8, 4) is 0 Å². The van der Waals surface area contributed by atoms with Gasteiger partial charge in [0.2, 0.25) is 0 Å². The maximum Gasteiger partial charge on any atom is 0.00111 e. The van der Waals surface area contributed by atoms with Crippen LogP contribution in [0.4, 0.5) is 0 Å². The standard InChI is InChI=1S/C17H24/c1-6-8-9-15-10-12-17(4,5)13-11-16(15)14(3)7-2/h6,8-13H,7H2,1-5H3. The number of hydrogen-bond donors (Lipinski definition) is 0. The van der Waals surface area contributed by atoms with E-state index in [9.17, 15) is 0 Å². The highest BCUT2D eigenvalue weighted by Gasteiger charge is 2.14. The lowest BCUT2D eigenvalue weighted by Gasteiger charge is -2.11. The third kappa shape index (κ3) is 3.89. The summed E-state index contributed by atoms with van der Waals surface area (Å²) in [7, 11) is 0. The summed E-state index contributed by atoms with van der Waals surface area (Å²) >= 11 is 0. The molecule has 1 aliphatic rings. The van der Waals surface area contributed by atoms with Gasteiger partial charge in [-0.15, -0.1) is 0 Å². The summed E-state index contributed by atoms with van der Waals surface area (Å²) in [6.07, 6.45) is 16.5. The van der Waals surface area contributed by atoms with Gasteiger partial charge in [0.05, 0.1) is 0 Å². The average Bonchev–Trinajstić information content (AvgIpc) is 2.45. The molecule has 0 aromatic heterocycles. The van der Waals surface area contributed by atoms with Crippen molar-refractivity contribution in [3.63, 3.8) is 0 Å². The summed E-state index contributed by atoms with van der Waals surface area (Å²) in [5.74, 6) is 0. The molecule has 0 saturated carbocycles. The van der Waals surface area contributed by atoms with Crippen LogP contribution in [0.15, 0.2) is 59.3 Å². The molecule has 0 atom stereocenters. The van der Waals surface area contributed by atoms with Crippen molar-refractivity contribution >= 4 is 0 Å². The van der Waals surface area contributed by atoms with Crippen LogP contribution in [0.25, 0.3) is 0 Å². The van der Waals surface area contributed by atoms with Crippen LogP contribution in [-0.2, 0) is 0 Å². The van der Waals surface area contributed by atoms with Gasteiger partial charge in [-0.1, -0.05) is 68.9 Å². The topological polar surface area (TPSA) is 0 Å². The molecule has 0 heteroatoms. The fourth-order valence-electron chi connectivity index (χ4n) is 1.77. The SMILES string of the molecule is CC=CC=C1C=CC(C)(C)C=CC1=C(C)CC. The molecule has 0 bridgehead atoms. The quantitative estimate of drug-likeness (QED) is 0.596. The van der Waals surface area contributed by atoms with Crippen molar-refractivity contribution in [1.29, 1.82) is 0 Å². The molecule has 1 aliphatic carbocycles. The molecule has 0 heterocycles. The Bertz CT molecular complexity index is 409. The lowest BCUT2D eigenvalue weighted by atomic mass is 9.93. The van der Waals surface area contributed by atoms with E-state index in [0.29, 0.717) is 0 Å². The van der Waals surface area contributed by atoms with E-state index in [4.69, 9.17) is 0 Å². The van der Waals surface area contributed by atoms with Gasteiger partial charge < -0.3 is 0 Å². The summed E-state index contributed by atoms with van der Waals surface area (Å²) in [6.45, 7) is 10.9. The van der Waals surface area contributed by atoms with Gasteiger partial charge in [-0.05, 0) is 31.4 Å². The molecule has 0 spiro atoms. The Kier molecular flexibility index (Phi) is 4.74. The summed E-state index contributed by atoms with van der Waals surface area (Å²) in [5.41, 5.74) is 4.26.